The van der Waals surface area contributed by atoms with Crippen LogP contribution < -0.4 is 0 Å². The molecule has 0 spiro atoms. The summed E-state index contributed by atoms with van der Waals surface area (Å²) in [5, 5.41) is 21.3. The van der Waals surface area contributed by atoms with Crippen molar-refractivity contribution in [3.05, 3.63) is 70.4 Å². The van der Waals surface area contributed by atoms with Crippen molar-refractivity contribution in [2.45, 2.75) is 12.6 Å². The van der Waals surface area contributed by atoms with Crippen LogP contribution in [0.1, 0.15) is 27.7 Å². The third-order valence-electron chi connectivity index (χ3n) is 5.92. The minimum Gasteiger partial charge on any atom is -0.480 e. The van der Waals surface area contributed by atoms with Crippen LogP contribution in [-0.4, -0.2) is 62.7 Å². The van der Waals surface area contributed by atoms with Gasteiger partial charge in [-0.05, 0) is 23.8 Å². The zero-order valence-electron chi connectivity index (χ0n) is 17.2. The molecule has 1 fully saturated rings. The summed E-state index contributed by atoms with van der Waals surface area (Å²) in [7, 11) is 1.66. The fourth-order valence-corrected chi connectivity index (χ4v) is 4.71. The van der Waals surface area contributed by atoms with Gasteiger partial charge in [-0.15, -0.1) is 0 Å². The summed E-state index contributed by atoms with van der Waals surface area (Å²) in [5.41, 5.74) is 2.19. The van der Waals surface area contributed by atoms with Gasteiger partial charge in [0, 0.05) is 61.3 Å². The van der Waals surface area contributed by atoms with E-state index in [0.29, 0.717) is 47.7 Å². The molecule has 0 saturated carbocycles. The number of aryl methyl sites for hydroxylation is 1. The molecule has 3 aromatic rings. The average molecular weight is 442 g/mol. The molecule has 1 aliphatic heterocycles. The Kier molecular flexibility index (Phi) is 6.00. The largest absolute Gasteiger partial charge is 0.480 e. The molecule has 1 aliphatic rings. The number of benzene rings is 2. The Morgan fingerprint density at radius 3 is 2.39 bits per heavy atom. The summed E-state index contributed by atoms with van der Waals surface area (Å²) >= 11 is 6.08. The molecular weight excluding hydrogens is 418 g/mol. The molecular formula is C23H24ClN3O4. The molecule has 0 bridgehead atoms. The summed E-state index contributed by atoms with van der Waals surface area (Å²) in [4.78, 5) is 28.5. The van der Waals surface area contributed by atoms with E-state index in [1.807, 2.05) is 41.3 Å². The molecule has 0 radical (unpaired) electrons. The van der Waals surface area contributed by atoms with Crippen molar-refractivity contribution in [3.8, 4) is 0 Å². The van der Waals surface area contributed by atoms with E-state index in [4.69, 9.17) is 11.6 Å². The van der Waals surface area contributed by atoms with E-state index in [9.17, 15) is 19.8 Å². The maximum atomic E-state index is 12.4. The molecule has 2 aromatic carbocycles. The number of aliphatic carboxylic acids is 1. The summed E-state index contributed by atoms with van der Waals surface area (Å²) in [6.45, 7) is 3.16. The van der Waals surface area contributed by atoms with Crippen molar-refractivity contribution in [2.75, 3.05) is 26.2 Å². The molecule has 1 aromatic heterocycles. The van der Waals surface area contributed by atoms with Crippen molar-refractivity contribution >= 4 is 34.4 Å². The van der Waals surface area contributed by atoms with Gasteiger partial charge in [0.05, 0.1) is 0 Å². The first-order valence-electron chi connectivity index (χ1n) is 10.1. The molecule has 1 atom stereocenters. The number of aromatic nitrogens is 1. The highest BCUT2D eigenvalue weighted by atomic mass is 35.5. The Bertz CT molecular complexity index is 1140. The van der Waals surface area contributed by atoms with Crippen LogP contribution in [-0.2, 0) is 18.4 Å². The van der Waals surface area contributed by atoms with Gasteiger partial charge in [-0.25, -0.2) is 4.79 Å². The lowest BCUT2D eigenvalue weighted by atomic mass is 10.00. The number of piperazine rings is 1. The number of carboxylic acids is 2. The Balaban J connectivity index is 1.61. The number of rotatable bonds is 6. The smallest absolute Gasteiger partial charge is 0.352 e. The second-order valence-corrected chi connectivity index (χ2v) is 8.26. The van der Waals surface area contributed by atoms with Crippen LogP contribution in [0.25, 0.3) is 10.9 Å². The number of carbonyl (C=O) groups is 2. The van der Waals surface area contributed by atoms with Gasteiger partial charge in [0.2, 0.25) is 0 Å². The fraction of sp³-hybridized carbons (Fsp3) is 0.304. The number of hydrogen-bond donors (Lipinski definition) is 2. The van der Waals surface area contributed by atoms with Crippen LogP contribution in [0, 0.1) is 0 Å². The van der Waals surface area contributed by atoms with Crippen molar-refractivity contribution in [3.63, 3.8) is 0 Å². The Morgan fingerprint density at radius 1 is 1.03 bits per heavy atom. The molecule has 1 saturated heterocycles. The third-order valence-corrected chi connectivity index (χ3v) is 6.16. The lowest BCUT2D eigenvalue weighted by Crippen LogP contribution is -2.49. The molecule has 4 rings (SSSR count). The normalized spacial score (nSPS) is 16.5. The molecule has 2 N–H and O–H groups in total. The number of hydrogen-bond acceptors (Lipinski definition) is 4. The highest BCUT2D eigenvalue weighted by Crippen LogP contribution is 2.34. The van der Waals surface area contributed by atoms with Crippen molar-refractivity contribution < 1.29 is 19.8 Å². The minimum absolute atomic E-state index is 0.0231. The monoisotopic (exact) mass is 441 g/mol. The summed E-state index contributed by atoms with van der Waals surface area (Å²) in [5.74, 6) is -2.17. The first-order chi connectivity index (χ1) is 14.9. The predicted molar refractivity (Wildman–Crippen MR) is 119 cm³/mol. The van der Waals surface area contributed by atoms with Crippen molar-refractivity contribution in [2.24, 2.45) is 7.05 Å². The zero-order chi connectivity index (χ0) is 22.1. The molecule has 162 valence electrons. The fourth-order valence-electron chi connectivity index (χ4n) is 4.49. The van der Waals surface area contributed by atoms with Gasteiger partial charge < -0.3 is 14.8 Å². The molecule has 2 heterocycles. The van der Waals surface area contributed by atoms with Gasteiger partial charge in [-0.1, -0.05) is 41.9 Å². The van der Waals surface area contributed by atoms with Crippen LogP contribution >= 0.6 is 11.6 Å². The lowest BCUT2D eigenvalue weighted by molar-refractivity contribution is -0.144. The summed E-state index contributed by atoms with van der Waals surface area (Å²) in [6.07, 6.45) is 0. The Morgan fingerprint density at radius 2 is 1.74 bits per heavy atom. The maximum Gasteiger partial charge on any atom is 0.352 e. The van der Waals surface area contributed by atoms with Crippen LogP contribution in [0.3, 0.4) is 0 Å². The lowest BCUT2D eigenvalue weighted by Gasteiger charge is -2.38. The van der Waals surface area contributed by atoms with Gasteiger partial charge >= 0.3 is 11.9 Å². The summed E-state index contributed by atoms with van der Waals surface area (Å²) < 4.78 is 1.57. The highest BCUT2D eigenvalue weighted by Gasteiger charge is 2.36. The van der Waals surface area contributed by atoms with Crippen molar-refractivity contribution in [1.82, 2.24) is 14.4 Å². The average Bonchev–Trinajstić information content (AvgIpc) is 3.02. The van der Waals surface area contributed by atoms with Gasteiger partial charge in [0.1, 0.15) is 11.7 Å². The second kappa shape index (κ2) is 8.70. The van der Waals surface area contributed by atoms with E-state index in [2.05, 4.69) is 4.90 Å². The van der Waals surface area contributed by atoms with Crippen LogP contribution in [0.2, 0.25) is 5.02 Å². The van der Waals surface area contributed by atoms with Gasteiger partial charge in [0.25, 0.3) is 0 Å². The summed E-state index contributed by atoms with van der Waals surface area (Å²) in [6, 6.07) is 13.9. The van der Waals surface area contributed by atoms with E-state index in [-0.39, 0.29) is 5.69 Å². The van der Waals surface area contributed by atoms with E-state index in [1.54, 1.807) is 23.7 Å². The van der Waals surface area contributed by atoms with Gasteiger partial charge in [-0.3, -0.25) is 14.6 Å². The first kappa shape index (κ1) is 21.4. The topological polar surface area (TPSA) is 86.0 Å². The molecule has 31 heavy (non-hydrogen) atoms. The van der Waals surface area contributed by atoms with Crippen LogP contribution in [0.15, 0.2) is 48.5 Å². The molecule has 7 nitrogen and oxygen atoms in total. The van der Waals surface area contributed by atoms with E-state index >= 15 is 0 Å². The van der Waals surface area contributed by atoms with Gasteiger partial charge in [0.15, 0.2) is 0 Å². The molecule has 1 unspecified atom stereocenters. The number of para-hydroxylation sites is 1. The SMILES string of the molecule is Cn1c(C(=O)O)c(C(C(=O)O)N2CCN(Cc3cccc(Cl)c3)CC2)c2ccccc21. The van der Waals surface area contributed by atoms with E-state index < -0.39 is 18.0 Å². The number of halogens is 1. The Labute approximate surface area is 185 Å². The van der Waals surface area contributed by atoms with E-state index in [1.165, 1.54) is 0 Å². The predicted octanol–water partition coefficient (Wildman–Crippen LogP) is 3.47. The van der Waals surface area contributed by atoms with Crippen LogP contribution in [0.4, 0.5) is 0 Å². The first-order valence-corrected chi connectivity index (χ1v) is 10.5. The third kappa shape index (κ3) is 4.17. The number of nitrogens with zero attached hydrogens (tertiary/aromatic N) is 3. The van der Waals surface area contributed by atoms with Gasteiger partial charge in [-0.2, -0.15) is 0 Å². The maximum absolute atomic E-state index is 12.4. The molecule has 0 amide bonds. The standard InChI is InChI=1S/C23H24ClN3O4/c1-25-18-8-3-2-7-17(18)19(20(25)22(28)29)21(23(30)31)27-11-9-26(10-12-27)14-15-5-4-6-16(24)13-15/h2-8,13,21H,9-12,14H2,1H3,(H,28,29)(H,30,31). The van der Waals surface area contributed by atoms with Crippen molar-refractivity contribution in [1.29, 1.82) is 0 Å². The minimum atomic E-state index is -1.13. The van der Waals surface area contributed by atoms with E-state index in [0.717, 1.165) is 12.1 Å². The number of aromatic carboxylic acids is 1. The quantitative estimate of drug-likeness (QED) is 0.609. The number of fused-ring (bicyclic) bond motifs is 1. The number of carboxylic acid groups (broad SMARTS) is 2. The molecule has 8 heteroatoms. The van der Waals surface area contributed by atoms with Crippen LogP contribution in [0.5, 0.6) is 0 Å². The zero-order valence-corrected chi connectivity index (χ0v) is 17.9. The molecule has 0 aliphatic carbocycles. The Hall–Kier alpha value is -2.87. The second-order valence-electron chi connectivity index (χ2n) is 7.83. The highest BCUT2D eigenvalue weighted by molar-refractivity contribution is 6.30.